The molecular weight excluding hydrogens is 304 g/mol. The number of carboxylic acids is 1. The van der Waals surface area contributed by atoms with Gasteiger partial charge in [0, 0.05) is 12.6 Å². The number of carbonyl (C=O) groups excluding carboxylic acids is 1. The molecule has 1 fully saturated rings. The number of likely N-dealkylation sites (tertiary alicyclic amines) is 1. The molecule has 8 nitrogen and oxygen atoms in total. The molecule has 1 atom stereocenters. The second-order valence-corrected chi connectivity index (χ2v) is 5.26. The lowest BCUT2D eigenvalue weighted by molar-refractivity contribution is -0.385. The number of nitrogens with zero attached hydrogens (tertiary/aromatic N) is 2. The van der Waals surface area contributed by atoms with Gasteiger partial charge in [-0.25, -0.2) is 4.79 Å². The fourth-order valence-electron chi connectivity index (χ4n) is 2.61. The monoisotopic (exact) mass is 322 g/mol. The number of hydrogen-bond acceptors (Lipinski definition) is 5. The van der Waals surface area contributed by atoms with Crippen LogP contribution < -0.4 is 4.74 Å². The number of ether oxygens (including phenoxy) is 1. The molecule has 124 valence electrons. The van der Waals surface area contributed by atoms with E-state index in [1.54, 1.807) is 6.07 Å². The van der Waals surface area contributed by atoms with Gasteiger partial charge in [-0.2, -0.15) is 0 Å². The van der Waals surface area contributed by atoms with Crippen molar-refractivity contribution in [3.8, 4) is 5.75 Å². The summed E-state index contributed by atoms with van der Waals surface area (Å²) in [6.45, 7) is 0.383. The van der Waals surface area contributed by atoms with Gasteiger partial charge in [-0.15, -0.1) is 0 Å². The van der Waals surface area contributed by atoms with E-state index in [0.717, 1.165) is 12.8 Å². The summed E-state index contributed by atoms with van der Waals surface area (Å²) in [5.41, 5.74) is -0.165. The van der Waals surface area contributed by atoms with Crippen molar-refractivity contribution in [2.45, 2.75) is 31.7 Å². The second kappa shape index (κ2) is 7.57. The fourth-order valence-corrected chi connectivity index (χ4v) is 2.61. The zero-order chi connectivity index (χ0) is 16.8. The molecule has 0 bridgehead atoms. The Morgan fingerprint density at radius 3 is 2.78 bits per heavy atom. The van der Waals surface area contributed by atoms with Gasteiger partial charge in [0.2, 0.25) is 5.91 Å². The summed E-state index contributed by atoms with van der Waals surface area (Å²) >= 11 is 0. The molecule has 1 unspecified atom stereocenters. The van der Waals surface area contributed by atoms with Crippen molar-refractivity contribution < 1.29 is 24.4 Å². The molecule has 1 saturated heterocycles. The van der Waals surface area contributed by atoms with Gasteiger partial charge in [0.15, 0.2) is 5.75 Å². The summed E-state index contributed by atoms with van der Waals surface area (Å²) in [5.74, 6) is -1.22. The molecule has 1 N–H and O–H groups in total. The summed E-state index contributed by atoms with van der Waals surface area (Å²) in [6.07, 6.45) is 2.00. The number of benzene rings is 1. The predicted octanol–water partition coefficient (Wildman–Crippen LogP) is 1.83. The third-order valence-electron chi connectivity index (χ3n) is 3.74. The lowest BCUT2D eigenvalue weighted by atomic mass is 10.0. The minimum absolute atomic E-state index is 0.0180. The quantitative estimate of drug-likeness (QED) is 0.632. The molecule has 1 aromatic carbocycles. The van der Waals surface area contributed by atoms with Crippen LogP contribution in [0.2, 0.25) is 0 Å². The van der Waals surface area contributed by atoms with Crippen molar-refractivity contribution in [1.29, 1.82) is 0 Å². The number of carboxylic acid groups (broad SMARTS) is 1. The minimum Gasteiger partial charge on any atom is -0.486 e. The first kappa shape index (κ1) is 16.7. The van der Waals surface area contributed by atoms with E-state index in [9.17, 15) is 19.7 Å². The molecule has 0 spiro atoms. The number of nitro groups is 1. The van der Waals surface area contributed by atoms with Gasteiger partial charge in [0.1, 0.15) is 6.04 Å². The van der Waals surface area contributed by atoms with E-state index >= 15 is 0 Å². The molecular formula is C15H18N2O6. The molecule has 0 saturated carbocycles. The normalized spacial score (nSPS) is 17.6. The third kappa shape index (κ3) is 4.18. The maximum atomic E-state index is 12.2. The van der Waals surface area contributed by atoms with E-state index in [4.69, 9.17) is 9.84 Å². The van der Waals surface area contributed by atoms with Gasteiger partial charge < -0.3 is 14.7 Å². The number of para-hydroxylation sites is 2. The molecule has 1 aliphatic rings. The van der Waals surface area contributed by atoms with E-state index in [1.807, 2.05) is 0 Å². The van der Waals surface area contributed by atoms with Crippen LogP contribution in [-0.4, -0.2) is 46.0 Å². The van der Waals surface area contributed by atoms with Gasteiger partial charge >= 0.3 is 11.7 Å². The summed E-state index contributed by atoms with van der Waals surface area (Å²) in [4.78, 5) is 35.0. The van der Waals surface area contributed by atoms with Crippen LogP contribution in [0.4, 0.5) is 5.69 Å². The first-order valence-electron chi connectivity index (χ1n) is 7.39. The number of hydrogen-bond donors (Lipinski definition) is 1. The van der Waals surface area contributed by atoms with E-state index in [2.05, 4.69) is 0 Å². The van der Waals surface area contributed by atoms with Crippen LogP contribution in [0.1, 0.15) is 25.7 Å². The van der Waals surface area contributed by atoms with Crippen LogP contribution in [0, 0.1) is 10.1 Å². The highest BCUT2D eigenvalue weighted by Gasteiger charge is 2.31. The Kier molecular flexibility index (Phi) is 5.51. The Balaban J connectivity index is 1.92. The summed E-state index contributed by atoms with van der Waals surface area (Å²) < 4.78 is 5.32. The molecule has 8 heteroatoms. The number of carbonyl (C=O) groups is 2. The molecule has 0 radical (unpaired) electrons. The smallest absolute Gasteiger partial charge is 0.326 e. The van der Waals surface area contributed by atoms with E-state index in [1.165, 1.54) is 23.1 Å². The van der Waals surface area contributed by atoms with Gasteiger partial charge in [0.25, 0.3) is 0 Å². The van der Waals surface area contributed by atoms with Crippen LogP contribution >= 0.6 is 0 Å². The standard InChI is InChI=1S/C15H18N2O6/c18-14(16-9-4-3-6-12(16)15(19)20)8-10-23-13-7-2-1-5-11(13)17(21)22/h1-2,5,7,12H,3-4,6,8-10H2,(H,19,20). The molecule has 1 aliphatic heterocycles. The average molecular weight is 322 g/mol. The van der Waals surface area contributed by atoms with Crippen LogP contribution in [0.3, 0.4) is 0 Å². The topological polar surface area (TPSA) is 110 Å². The maximum Gasteiger partial charge on any atom is 0.326 e. The van der Waals surface area contributed by atoms with Crippen LogP contribution in [-0.2, 0) is 9.59 Å². The number of aliphatic carboxylic acids is 1. The fraction of sp³-hybridized carbons (Fsp3) is 0.467. The third-order valence-corrected chi connectivity index (χ3v) is 3.74. The highest BCUT2D eigenvalue weighted by atomic mass is 16.6. The molecule has 1 aromatic rings. The Morgan fingerprint density at radius 2 is 2.09 bits per heavy atom. The van der Waals surface area contributed by atoms with E-state index in [0.29, 0.717) is 13.0 Å². The Bertz CT molecular complexity index is 603. The Morgan fingerprint density at radius 1 is 1.35 bits per heavy atom. The molecule has 2 rings (SSSR count). The lowest BCUT2D eigenvalue weighted by Crippen LogP contribution is -2.48. The van der Waals surface area contributed by atoms with Crippen molar-refractivity contribution in [3.63, 3.8) is 0 Å². The number of piperidine rings is 1. The van der Waals surface area contributed by atoms with Crippen molar-refractivity contribution >= 4 is 17.6 Å². The first-order chi connectivity index (χ1) is 11.0. The van der Waals surface area contributed by atoms with Gasteiger partial charge in [0.05, 0.1) is 18.0 Å². The zero-order valence-corrected chi connectivity index (χ0v) is 12.5. The summed E-state index contributed by atoms with van der Waals surface area (Å²) in [6, 6.07) is 5.13. The van der Waals surface area contributed by atoms with Gasteiger partial charge in [-0.05, 0) is 25.3 Å². The molecule has 23 heavy (non-hydrogen) atoms. The van der Waals surface area contributed by atoms with E-state index in [-0.39, 0.29) is 30.4 Å². The van der Waals surface area contributed by atoms with Crippen molar-refractivity contribution in [3.05, 3.63) is 34.4 Å². The maximum absolute atomic E-state index is 12.2. The first-order valence-corrected chi connectivity index (χ1v) is 7.39. The largest absolute Gasteiger partial charge is 0.486 e. The van der Waals surface area contributed by atoms with Crippen molar-refractivity contribution in [2.75, 3.05) is 13.2 Å². The zero-order valence-electron chi connectivity index (χ0n) is 12.5. The van der Waals surface area contributed by atoms with E-state index < -0.39 is 16.9 Å². The molecule has 1 heterocycles. The van der Waals surface area contributed by atoms with Gasteiger partial charge in [-0.1, -0.05) is 12.1 Å². The highest BCUT2D eigenvalue weighted by Crippen LogP contribution is 2.26. The summed E-state index contributed by atoms with van der Waals surface area (Å²) in [5, 5.41) is 20.0. The van der Waals surface area contributed by atoms with Gasteiger partial charge in [-0.3, -0.25) is 14.9 Å². The summed E-state index contributed by atoms with van der Waals surface area (Å²) in [7, 11) is 0. The number of amides is 1. The SMILES string of the molecule is O=C(O)C1CCCCN1C(=O)CCOc1ccccc1[N+](=O)[O-]. The second-order valence-electron chi connectivity index (χ2n) is 5.26. The number of rotatable bonds is 6. The number of nitro benzene ring substituents is 1. The van der Waals surface area contributed by atoms with Crippen LogP contribution in [0.5, 0.6) is 5.75 Å². The Labute approximate surface area is 132 Å². The van der Waals surface area contributed by atoms with Crippen molar-refractivity contribution in [1.82, 2.24) is 4.90 Å². The molecule has 0 aromatic heterocycles. The highest BCUT2D eigenvalue weighted by molar-refractivity contribution is 5.83. The van der Waals surface area contributed by atoms with Crippen molar-refractivity contribution in [2.24, 2.45) is 0 Å². The average Bonchev–Trinajstić information content (AvgIpc) is 2.55. The minimum atomic E-state index is -1.00. The lowest BCUT2D eigenvalue weighted by Gasteiger charge is -2.33. The molecule has 0 aliphatic carbocycles. The van der Waals surface area contributed by atoms with Crippen LogP contribution in [0.25, 0.3) is 0 Å². The van der Waals surface area contributed by atoms with Crippen LogP contribution in [0.15, 0.2) is 24.3 Å². The Hall–Kier alpha value is -2.64. The molecule has 1 amide bonds. The predicted molar refractivity (Wildman–Crippen MR) is 80.2 cm³/mol.